The van der Waals surface area contributed by atoms with Gasteiger partial charge in [0, 0.05) is 5.02 Å². The van der Waals surface area contributed by atoms with Crippen LogP contribution >= 0.6 is 23.4 Å². The van der Waals surface area contributed by atoms with Crippen LogP contribution in [-0.2, 0) is 20.8 Å². The van der Waals surface area contributed by atoms with Crippen molar-refractivity contribution in [3.8, 4) is 0 Å². The number of aryl methyl sites for hydroxylation is 1. The molecule has 3 amide bonds. The second kappa shape index (κ2) is 9.47. The van der Waals surface area contributed by atoms with Crippen molar-refractivity contribution >= 4 is 41.1 Å². The largest absolute Gasteiger partial charge is 0.347 e. The van der Waals surface area contributed by atoms with Gasteiger partial charge in [0.1, 0.15) is 12.1 Å². The quantitative estimate of drug-likeness (QED) is 0.588. The minimum atomic E-state index is -0.621. The maximum atomic E-state index is 13.7. The Hall–Kier alpha value is -1.77. The Balaban J connectivity index is 1.55. The van der Waals surface area contributed by atoms with E-state index in [1.54, 1.807) is 30.6 Å². The fourth-order valence-electron chi connectivity index (χ4n) is 5.27. The van der Waals surface area contributed by atoms with Gasteiger partial charge in [-0.15, -0.1) is 11.8 Å². The van der Waals surface area contributed by atoms with Crippen LogP contribution in [0.1, 0.15) is 57.2 Å². The van der Waals surface area contributed by atoms with E-state index < -0.39 is 18.1 Å². The molecule has 1 aromatic carbocycles. The molecule has 0 radical (unpaired) electrons. The minimum absolute atomic E-state index is 0.0680. The van der Waals surface area contributed by atoms with Gasteiger partial charge in [0.25, 0.3) is 0 Å². The summed E-state index contributed by atoms with van der Waals surface area (Å²) in [5.41, 5.74) is 1.89. The molecule has 9 heteroatoms. The third kappa shape index (κ3) is 4.75. The van der Waals surface area contributed by atoms with Crippen molar-refractivity contribution in [1.29, 1.82) is 0 Å². The van der Waals surface area contributed by atoms with Gasteiger partial charge in [-0.3, -0.25) is 14.4 Å². The smallest absolute Gasteiger partial charge is 0.246 e. The summed E-state index contributed by atoms with van der Waals surface area (Å²) in [5, 5.41) is 9.67. The molecule has 2 fully saturated rings. The molecule has 0 bridgehead atoms. The van der Waals surface area contributed by atoms with Gasteiger partial charge in [-0.05, 0) is 74.1 Å². The van der Waals surface area contributed by atoms with Crippen LogP contribution in [0.5, 0.6) is 0 Å². The second-order valence-electron chi connectivity index (χ2n) is 9.97. The van der Waals surface area contributed by atoms with Crippen LogP contribution in [0.15, 0.2) is 18.2 Å². The van der Waals surface area contributed by atoms with Crippen molar-refractivity contribution in [1.82, 2.24) is 20.9 Å². The third-order valence-electron chi connectivity index (χ3n) is 7.19. The molecule has 180 valence electrons. The predicted octanol–water partition coefficient (Wildman–Crippen LogP) is 2.63. The van der Waals surface area contributed by atoms with Crippen molar-refractivity contribution < 1.29 is 14.4 Å². The molecular formula is C24H33ClN4O3S. The maximum absolute atomic E-state index is 13.7. The fraction of sp³-hybridized carbons (Fsp3) is 0.625. The minimum Gasteiger partial charge on any atom is -0.347 e. The molecule has 7 nitrogen and oxygen atoms in total. The number of benzene rings is 1. The molecule has 2 heterocycles. The highest BCUT2D eigenvalue weighted by Gasteiger charge is 2.54. The van der Waals surface area contributed by atoms with Gasteiger partial charge in [0.15, 0.2) is 0 Å². The van der Waals surface area contributed by atoms with Crippen molar-refractivity contribution in [3.05, 3.63) is 34.3 Å². The van der Waals surface area contributed by atoms with E-state index in [0.717, 1.165) is 30.6 Å². The highest BCUT2D eigenvalue weighted by molar-refractivity contribution is 7.99. The molecule has 33 heavy (non-hydrogen) atoms. The Kier molecular flexibility index (Phi) is 6.99. The summed E-state index contributed by atoms with van der Waals surface area (Å²) in [5.74, 6) is 0.262. The number of amides is 3. The van der Waals surface area contributed by atoms with Crippen LogP contribution in [0.2, 0.25) is 5.02 Å². The number of halogens is 1. The first-order valence-corrected chi connectivity index (χ1v) is 13.0. The van der Waals surface area contributed by atoms with Crippen LogP contribution in [-0.4, -0.2) is 58.9 Å². The SMILES string of the molecule is CNC(C)C(=O)N[C@H]1CCS[C@H]2CC(C)(C)[C@@H](C(=O)N[C@@H]3CCc4cc(Cl)ccc43)N2C1=O. The molecule has 1 aromatic rings. The molecule has 0 spiro atoms. The number of carbonyl (C=O) groups excluding carboxylic acids is 3. The van der Waals surface area contributed by atoms with E-state index in [4.69, 9.17) is 11.6 Å². The van der Waals surface area contributed by atoms with E-state index in [0.29, 0.717) is 11.4 Å². The van der Waals surface area contributed by atoms with Crippen molar-refractivity contribution in [2.24, 2.45) is 5.41 Å². The van der Waals surface area contributed by atoms with Gasteiger partial charge in [0.2, 0.25) is 17.7 Å². The lowest BCUT2D eigenvalue weighted by Gasteiger charge is -2.34. The first-order valence-electron chi connectivity index (χ1n) is 11.6. The molecular weight excluding hydrogens is 460 g/mol. The summed E-state index contributed by atoms with van der Waals surface area (Å²) >= 11 is 7.84. The van der Waals surface area contributed by atoms with E-state index in [-0.39, 0.29) is 34.6 Å². The maximum Gasteiger partial charge on any atom is 0.246 e. The van der Waals surface area contributed by atoms with Gasteiger partial charge < -0.3 is 20.9 Å². The first-order chi connectivity index (χ1) is 15.6. The van der Waals surface area contributed by atoms with E-state index in [1.165, 1.54) is 5.56 Å². The topological polar surface area (TPSA) is 90.5 Å². The number of carbonyl (C=O) groups is 3. The van der Waals surface area contributed by atoms with Crippen LogP contribution in [0.25, 0.3) is 0 Å². The third-order valence-corrected chi connectivity index (χ3v) is 8.67. The molecule has 3 aliphatic rings. The summed E-state index contributed by atoms with van der Waals surface area (Å²) in [6, 6.07) is 4.12. The Morgan fingerprint density at radius 1 is 1.21 bits per heavy atom. The van der Waals surface area contributed by atoms with E-state index in [1.807, 2.05) is 18.2 Å². The Morgan fingerprint density at radius 2 is 1.97 bits per heavy atom. The first kappa shape index (κ1) is 24.4. The van der Waals surface area contributed by atoms with Crippen LogP contribution < -0.4 is 16.0 Å². The van der Waals surface area contributed by atoms with Crippen molar-refractivity contribution in [3.63, 3.8) is 0 Å². The molecule has 2 saturated heterocycles. The van der Waals surface area contributed by atoms with Crippen LogP contribution in [0.4, 0.5) is 0 Å². The average molecular weight is 493 g/mol. The Morgan fingerprint density at radius 3 is 2.70 bits per heavy atom. The van der Waals surface area contributed by atoms with Crippen LogP contribution in [0, 0.1) is 5.41 Å². The molecule has 0 aromatic heterocycles. The Bertz CT molecular complexity index is 956. The molecule has 1 unspecified atom stereocenters. The molecule has 5 atom stereocenters. The highest BCUT2D eigenvalue weighted by Crippen LogP contribution is 2.46. The van der Waals surface area contributed by atoms with Gasteiger partial charge in [0.05, 0.1) is 17.5 Å². The molecule has 3 N–H and O–H groups in total. The van der Waals surface area contributed by atoms with Gasteiger partial charge in [-0.2, -0.15) is 0 Å². The zero-order chi connectivity index (χ0) is 23.9. The number of hydrogen-bond acceptors (Lipinski definition) is 5. The monoisotopic (exact) mass is 492 g/mol. The predicted molar refractivity (Wildman–Crippen MR) is 131 cm³/mol. The Labute approximate surface area is 204 Å². The summed E-state index contributed by atoms with van der Waals surface area (Å²) in [6.45, 7) is 5.87. The van der Waals surface area contributed by atoms with Gasteiger partial charge in [-0.1, -0.05) is 31.5 Å². The second-order valence-corrected chi connectivity index (χ2v) is 11.7. The molecule has 2 aliphatic heterocycles. The van der Waals surface area contributed by atoms with Crippen molar-refractivity contribution in [2.45, 2.75) is 76.0 Å². The molecule has 4 rings (SSSR count). The fourth-order valence-corrected chi connectivity index (χ4v) is 7.04. The van der Waals surface area contributed by atoms with E-state index >= 15 is 0 Å². The normalized spacial score (nSPS) is 29.1. The number of hydrogen-bond donors (Lipinski definition) is 3. The average Bonchev–Trinajstić information content (AvgIpc) is 3.23. The lowest BCUT2D eigenvalue weighted by molar-refractivity contribution is -0.144. The number of nitrogens with one attached hydrogen (secondary N) is 3. The highest BCUT2D eigenvalue weighted by atomic mass is 35.5. The van der Waals surface area contributed by atoms with Crippen molar-refractivity contribution in [2.75, 3.05) is 12.8 Å². The summed E-state index contributed by atoms with van der Waals surface area (Å²) in [4.78, 5) is 41.5. The lowest BCUT2D eigenvalue weighted by atomic mass is 9.84. The molecule has 1 aliphatic carbocycles. The number of likely N-dealkylation sites (N-methyl/N-ethyl adjacent to an activating group) is 1. The van der Waals surface area contributed by atoms with E-state index in [2.05, 4.69) is 29.8 Å². The van der Waals surface area contributed by atoms with Crippen LogP contribution in [0.3, 0.4) is 0 Å². The summed E-state index contributed by atoms with van der Waals surface area (Å²) < 4.78 is 0. The van der Waals surface area contributed by atoms with Gasteiger partial charge in [-0.25, -0.2) is 0 Å². The lowest BCUT2D eigenvalue weighted by Crippen LogP contribution is -2.58. The zero-order valence-corrected chi connectivity index (χ0v) is 21.2. The van der Waals surface area contributed by atoms with Gasteiger partial charge >= 0.3 is 0 Å². The number of thioether (sulfide) groups is 1. The summed E-state index contributed by atoms with van der Waals surface area (Å²) in [6.07, 6.45) is 2.99. The number of rotatable bonds is 5. The van der Waals surface area contributed by atoms with E-state index in [9.17, 15) is 14.4 Å². The number of fused-ring (bicyclic) bond motifs is 2. The number of nitrogens with zero attached hydrogens (tertiary/aromatic N) is 1. The summed E-state index contributed by atoms with van der Waals surface area (Å²) in [7, 11) is 1.71. The standard InChI is InChI=1S/C24H33ClN4O3S/c1-13(26-4)21(30)28-18-9-10-33-19-12-24(2,3)20(29(19)23(18)32)22(31)27-17-8-5-14-11-15(25)6-7-16(14)17/h6-7,11,13,17-20,26H,5,8-10,12H2,1-4H3,(H,27,31)(H,28,30)/t13?,17-,18+,19+,20-/m1/s1. The zero-order valence-electron chi connectivity index (χ0n) is 19.6. The molecule has 0 saturated carbocycles.